The molecule has 4 N–H and O–H groups in total. The van der Waals surface area contributed by atoms with E-state index < -0.39 is 6.09 Å². The number of hydrogen-bond donors (Lipinski definition) is 3. The number of benzene rings is 1. The number of thiophene rings is 1. The van der Waals surface area contributed by atoms with Gasteiger partial charge >= 0.3 is 6.09 Å². The fourth-order valence-electron chi connectivity index (χ4n) is 4.45. The zero-order chi connectivity index (χ0) is 25.7. The minimum absolute atomic E-state index is 0.0307. The number of carbonyl (C=O) groups is 2. The number of carbonyl (C=O) groups excluding carboxylic acids is 2. The predicted octanol–water partition coefficient (Wildman–Crippen LogP) is 4.47. The molecule has 2 aromatic heterocycles. The molecule has 0 fully saturated rings. The van der Waals surface area contributed by atoms with Crippen molar-refractivity contribution in [1.82, 2.24) is 15.1 Å². The highest BCUT2D eigenvalue weighted by molar-refractivity contribution is 7.17. The zero-order valence-electron chi connectivity index (χ0n) is 20.9. The number of anilines is 2. The predicted molar refractivity (Wildman–Crippen MR) is 140 cm³/mol. The van der Waals surface area contributed by atoms with Crippen LogP contribution >= 0.6 is 11.3 Å². The number of fused-ring (bicyclic) bond motifs is 1. The largest absolute Gasteiger partial charge is 0.497 e. The van der Waals surface area contributed by atoms with Crippen molar-refractivity contribution in [1.29, 1.82) is 0 Å². The van der Waals surface area contributed by atoms with Gasteiger partial charge in [0.2, 0.25) is 5.91 Å². The summed E-state index contributed by atoms with van der Waals surface area (Å²) < 4.78 is 12.8. The lowest BCUT2D eigenvalue weighted by Gasteiger charge is -2.22. The Kier molecular flexibility index (Phi) is 8.14. The van der Waals surface area contributed by atoms with Gasteiger partial charge < -0.3 is 25.8 Å². The van der Waals surface area contributed by atoms with Gasteiger partial charge in [-0.2, -0.15) is 5.10 Å². The monoisotopic (exact) mass is 511 g/mol. The number of hydrogen-bond acceptors (Lipinski definition) is 7. The quantitative estimate of drug-likeness (QED) is 0.390. The molecule has 0 spiro atoms. The first kappa shape index (κ1) is 25.6. The number of nitrogen functional groups attached to an aromatic ring is 1. The van der Waals surface area contributed by atoms with Crippen molar-refractivity contribution >= 4 is 34.0 Å². The molecule has 36 heavy (non-hydrogen) atoms. The Balaban J connectivity index is 1.31. The highest BCUT2D eigenvalue weighted by atomic mass is 32.1. The van der Waals surface area contributed by atoms with Gasteiger partial charge in [-0.05, 0) is 55.0 Å². The Morgan fingerprint density at radius 1 is 1.33 bits per heavy atom. The van der Waals surface area contributed by atoms with Crippen molar-refractivity contribution in [2.45, 2.75) is 64.6 Å². The highest BCUT2D eigenvalue weighted by Crippen LogP contribution is 2.41. The number of methoxy groups -OCH3 is 1. The van der Waals surface area contributed by atoms with E-state index in [0.717, 1.165) is 34.0 Å². The summed E-state index contributed by atoms with van der Waals surface area (Å²) >= 11 is 1.47. The molecule has 0 aliphatic heterocycles. The average Bonchev–Trinajstić information content (AvgIpc) is 3.46. The molecule has 0 bridgehead atoms. The number of ether oxygens (including phenoxy) is 2. The molecular weight excluding hydrogens is 478 g/mol. The number of aromatic nitrogens is 2. The summed E-state index contributed by atoms with van der Waals surface area (Å²) in [4.78, 5) is 26.2. The Morgan fingerprint density at radius 2 is 2.17 bits per heavy atom. The van der Waals surface area contributed by atoms with Gasteiger partial charge in [0.25, 0.3) is 0 Å². The van der Waals surface area contributed by atoms with Crippen LogP contribution in [0, 0.1) is 0 Å². The molecule has 0 saturated carbocycles. The smallest absolute Gasteiger partial charge is 0.407 e. The topological polar surface area (TPSA) is 120 Å². The van der Waals surface area contributed by atoms with Gasteiger partial charge in [0.05, 0.1) is 25.0 Å². The lowest BCUT2D eigenvalue weighted by Crippen LogP contribution is -2.32. The van der Waals surface area contributed by atoms with E-state index >= 15 is 0 Å². The second-order valence-corrected chi connectivity index (χ2v) is 10.0. The van der Waals surface area contributed by atoms with Crippen LogP contribution in [0.5, 0.6) is 5.75 Å². The van der Waals surface area contributed by atoms with Crippen molar-refractivity contribution in [2.24, 2.45) is 0 Å². The van der Waals surface area contributed by atoms with Crippen LogP contribution in [-0.2, 0) is 35.5 Å². The zero-order valence-corrected chi connectivity index (χ0v) is 21.7. The second-order valence-electron chi connectivity index (χ2n) is 8.94. The number of nitrogens with zero attached hydrogens (tertiary/aromatic N) is 2. The molecule has 9 nitrogen and oxygen atoms in total. The number of amides is 2. The molecule has 1 aliphatic rings. The normalized spacial score (nSPS) is 15.6. The van der Waals surface area contributed by atoms with Crippen LogP contribution in [0.15, 0.2) is 36.5 Å². The van der Waals surface area contributed by atoms with Crippen molar-refractivity contribution < 1.29 is 19.1 Å². The fraction of sp³-hybridized carbons (Fsp3) is 0.423. The molecule has 1 aliphatic carbocycles. The fourth-order valence-corrected chi connectivity index (χ4v) is 5.69. The Labute approximate surface area is 215 Å². The lowest BCUT2D eigenvalue weighted by molar-refractivity contribution is -0.116. The van der Waals surface area contributed by atoms with E-state index in [0.29, 0.717) is 42.9 Å². The number of nitrogens with two attached hydrogens (primary N) is 1. The molecule has 10 heteroatoms. The maximum atomic E-state index is 12.8. The van der Waals surface area contributed by atoms with Gasteiger partial charge in [0.1, 0.15) is 16.9 Å². The van der Waals surface area contributed by atoms with Crippen LogP contribution in [-0.4, -0.2) is 35.0 Å². The minimum atomic E-state index is -0.447. The summed E-state index contributed by atoms with van der Waals surface area (Å²) in [5, 5.41) is 10.7. The Bertz CT molecular complexity index is 1220. The molecule has 2 heterocycles. The average molecular weight is 512 g/mol. The van der Waals surface area contributed by atoms with E-state index in [1.54, 1.807) is 13.3 Å². The van der Waals surface area contributed by atoms with Crippen molar-refractivity contribution in [3.63, 3.8) is 0 Å². The van der Waals surface area contributed by atoms with E-state index in [2.05, 4.69) is 15.7 Å². The molecule has 3 aromatic rings. The first-order valence-electron chi connectivity index (χ1n) is 12.2. The lowest BCUT2D eigenvalue weighted by atomic mass is 9.95. The summed E-state index contributed by atoms with van der Waals surface area (Å²) in [7, 11) is 1.63. The molecule has 2 unspecified atom stereocenters. The van der Waals surface area contributed by atoms with Crippen LogP contribution < -0.4 is 21.1 Å². The van der Waals surface area contributed by atoms with Crippen LogP contribution in [0.1, 0.15) is 54.3 Å². The van der Waals surface area contributed by atoms with Crippen LogP contribution in [0.4, 0.5) is 15.5 Å². The Hall–Kier alpha value is -3.53. The third-order valence-electron chi connectivity index (χ3n) is 6.46. The van der Waals surface area contributed by atoms with E-state index in [4.69, 9.17) is 15.2 Å². The molecule has 0 radical (unpaired) electrons. The third-order valence-corrected chi connectivity index (χ3v) is 7.65. The van der Waals surface area contributed by atoms with Gasteiger partial charge in [-0.25, -0.2) is 4.79 Å². The van der Waals surface area contributed by atoms with Gasteiger partial charge in [0, 0.05) is 30.5 Å². The molecule has 1 aromatic carbocycles. The number of alkyl carbamates (subject to hydrolysis) is 1. The summed E-state index contributed by atoms with van der Waals surface area (Å²) in [6.07, 6.45) is 3.34. The van der Waals surface area contributed by atoms with Gasteiger partial charge in [-0.15, -0.1) is 11.3 Å². The van der Waals surface area contributed by atoms with Gasteiger partial charge in [0.15, 0.2) is 0 Å². The molecule has 192 valence electrons. The van der Waals surface area contributed by atoms with Gasteiger partial charge in [-0.3, -0.25) is 9.48 Å². The molecule has 0 saturated heterocycles. The number of nitrogens with one attached hydrogen (secondary N) is 2. The standard InChI is InChI=1S/C26H33N5O4S/c1-4-31-18(10-11-29-31)15-28-26(33)35-20-8-9-21-22(14-20)36-25(24(21)27)30-23(32)12-16(2)17-6-5-7-19(13-17)34-3/h5-7,10-11,13,16,20H,4,8-9,12,14-15,27H2,1-3H3,(H,28,33)(H,30,32). The second kappa shape index (κ2) is 11.5. The van der Waals surface area contributed by atoms with Crippen LogP contribution in [0.25, 0.3) is 0 Å². The molecule has 2 atom stereocenters. The minimum Gasteiger partial charge on any atom is -0.497 e. The van der Waals surface area contributed by atoms with E-state index in [9.17, 15) is 9.59 Å². The summed E-state index contributed by atoms with van der Waals surface area (Å²) in [5.41, 5.74) is 10.0. The number of rotatable bonds is 9. The Morgan fingerprint density at radius 3 is 2.94 bits per heavy atom. The van der Waals surface area contributed by atoms with Gasteiger partial charge in [-0.1, -0.05) is 19.1 Å². The van der Waals surface area contributed by atoms with Crippen molar-refractivity contribution in [2.75, 3.05) is 18.2 Å². The van der Waals surface area contributed by atoms with E-state index in [-0.39, 0.29) is 17.9 Å². The summed E-state index contributed by atoms with van der Waals surface area (Å²) in [6, 6.07) is 9.62. The third kappa shape index (κ3) is 5.99. The molecular formula is C26H33N5O4S. The first-order chi connectivity index (χ1) is 17.4. The summed E-state index contributed by atoms with van der Waals surface area (Å²) in [5.74, 6) is 0.713. The van der Waals surface area contributed by atoms with E-state index in [1.165, 1.54) is 11.3 Å². The van der Waals surface area contributed by atoms with E-state index in [1.807, 2.05) is 48.9 Å². The van der Waals surface area contributed by atoms with Crippen molar-refractivity contribution in [3.05, 3.63) is 58.2 Å². The maximum absolute atomic E-state index is 12.8. The molecule has 2 amide bonds. The first-order valence-corrected chi connectivity index (χ1v) is 13.0. The van der Waals surface area contributed by atoms with Crippen LogP contribution in [0.3, 0.4) is 0 Å². The highest BCUT2D eigenvalue weighted by Gasteiger charge is 2.27. The van der Waals surface area contributed by atoms with Crippen LogP contribution in [0.2, 0.25) is 0 Å². The summed E-state index contributed by atoms with van der Waals surface area (Å²) in [6.45, 7) is 5.11. The number of aryl methyl sites for hydroxylation is 1. The maximum Gasteiger partial charge on any atom is 0.407 e. The SMILES string of the molecule is CCn1nccc1CNC(=O)OC1CCc2c(sc(NC(=O)CC(C)c3cccc(OC)c3)c2N)C1. The van der Waals surface area contributed by atoms with Crippen molar-refractivity contribution in [3.8, 4) is 5.75 Å². The molecule has 4 rings (SSSR count).